The first-order valence-electron chi connectivity index (χ1n) is 7.51. The zero-order valence-electron chi connectivity index (χ0n) is 12.5. The molecule has 0 aliphatic rings. The number of amides is 1. The zero-order valence-corrected chi connectivity index (χ0v) is 13.3. The molecule has 22 heavy (non-hydrogen) atoms. The highest BCUT2D eigenvalue weighted by Gasteiger charge is 2.13. The van der Waals surface area contributed by atoms with Crippen molar-refractivity contribution in [2.45, 2.75) is 19.8 Å². The van der Waals surface area contributed by atoms with E-state index in [1.54, 1.807) is 11.3 Å². The highest BCUT2D eigenvalue weighted by Crippen LogP contribution is 2.27. The number of pyridine rings is 1. The van der Waals surface area contributed by atoms with Gasteiger partial charge in [-0.2, -0.15) is 0 Å². The number of nitrogens with zero attached hydrogens (tertiary/aromatic N) is 1. The van der Waals surface area contributed by atoms with Crippen molar-refractivity contribution in [2.24, 2.45) is 0 Å². The summed E-state index contributed by atoms with van der Waals surface area (Å²) < 4.78 is 0. The number of carbonyl (C=O) groups is 1. The Balaban J connectivity index is 2.05. The average Bonchev–Trinajstić information content (AvgIpc) is 3.08. The summed E-state index contributed by atoms with van der Waals surface area (Å²) >= 11 is 1.63. The van der Waals surface area contributed by atoms with Crippen molar-refractivity contribution in [3.05, 3.63) is 53.4 Å². The van der Waals surface area contributed by atoms with Crippen LogP contribution in [0.2, 0.25) is 0 Å². The molecule has 3 aromatic rings. The minimum atomic E-state index is -0.0233. The van der Waals surface area contributed by atoms with Gasteiger partial charge in [0.25, 0.3) is 5.91 Å². The molecule has 0 aliphatic heterocycles. The van der Waals surface area contributed by atoms with Gasteiger partial charge in [-0.3, -0.25) is 4.79 Å². The SMILES string of the molecule is CCCCNC(=O)c1cc(-c2cccs2)nc2ccccc12. The molecule has 112 valence electrons. The molecule has 0 saturated carbocycles. The largest absolute Gasteiger partial charge is 0.352 e. The Bertz CT molecular complexity index is 781. The van der Waals surface area contributed by atoms with Crippen LogP contribution in [0.3, 0.4) is 0 Å². The molecule has 1 amide bonds. The van der Waals surface area contributed by atoms with Crippen molar-refractivity contribution >= 4 is 28.1 Å². The third-order valence-corrected chi connectivity index (χ3v) is 4.44. The first-order valence-corrected chi connectivity index (χ1v) is 8.39. The van der Waals surface area contributed by atoms with E-state index in [-0.39, 0.29) is 5.91 Å². The molecule has 0 unspecified atom stereocenters. The molecule has 3 rings (SSSR count). The first kappa shape index (κ1) is 14.7. The van der Waals surface area contributed by atoms with E-state index in [2.05, 4.69) is 17.2 Å². The van der Waals surface area contributed by atoms with Gasteiger partial charge in [0.1, 0.15) is 0 Å². The van der Waals surface area contributed by atoms with Gasteiger partial charge in [-0.1, -0.05) is 37.6 Å². The summed E-state index contributed by atoms with van der Waals surface area (Å²) in [7, 11) is 0. The van der Waals surface area contributed by atoms with Crippen LogP contribution >= 0.6 is 11.3 Å². The molecule has 2 aromatic heterocycles. The van der Waals surface area contributed by atoms with E-state index in [1.807, 2.05) is 47.8 Å². The number of aromatic nitrogens is 1. The number of thiophene rings is 1. The van der Waals surface area contributed by atoms with E-state index in [0.717, 1.165) is 34.3 Å². The summed E-state index contributed by atoms with van der Waals surface area (Å²) in [5.41, 5.74) is 2.41. The van der Waals surface area contributed by atoms with Gasteiger partial charge in [0.05, 0.1) is 21.7 Å². The highest BCUT2D eigenvalue weighted by atomic mass is 32.1. The molecule has 0 saturated heterocycles. The number of unbranched alkanes of at least 4 members (excludes halogenated alkanes) is 1. The number of carbonyl (C=O) groups excluding carboxylic acids is 1. The lowest BCUT2D eigenvalue weighted by Gasteiger charge is -2.09. The molecule has 0 fully saturated rings. The van der Waals surface area contributed by atoms with Crippen LogP contribution in [0.4, 0.5) is 0 Å². The zero-order chi connectivity index (χ0) is 15.4. The first-order chi connectivity index (χ1) is 10.8. The van der Waals surface area contributed by atoms with Crippen LogP contribution in [-0.2, 0) is 0 Å². The van der Waals surface area contributed by atoms with Crippen LogP contribution in [0.15, 0.2) is 47.8 Å². The third kappa shape index (κ3) is 3.02. The fourth-order valence-corrected chi connectivity index (χ4v) is 3.07. The molecule has 0 atom stereocenters. The standard InChI is InChI=1S/C18H18N2OS/c1-2-3-10-19-18(21)14-12-16(17-9-6-11-22-17)20-15-8-5-4-7-13(14)15/h4-9,11-12H,2-3,10H2,1H3,(H,19,21). The number of benzene rings is 1. The Morgan fingerprint density at radius 1 is 1.23 bits per heavy atom. The molecule has 0 bridgehead atoms. The molecule has 0 radical (unpaired) electrons. The second-order valence-electron chi connectivity index (χ2n) is 5.16. The van der Waals surface area contributed by atoms with Gasteiger partial charge in [0.2, 0.25) is 0 Å². The van der Waals surface area contributed by atoms with E-state index in [9.17, 15) is 4.79 Å². The number of nitrogens with one attached hydrogen (secondary N) is 1. The Labute approximate surface area is 134 Å². The summed E-state index contributed by atoms with van der Waals surface area (Å²) in [6.07, 6.45) is 2.06. The maximum absolute atomic E-state index is 12.5. The Hall–Kier alpha value is -2.20. The van der Waals surface area contributed by atoms with Crippen LogP contribution in [0.5, 0.6) is 0 Å². The van der Waals surface area contributed by atoms with Crippen LogP contribution < -0.4 is 5.32 Å². The maximum Gasteiger partial charge on any atom is 0.252 e. The number of rotatable bonds is 5. The lowest BCUT2D eigenvalue weighted by Crippen LogP contribution is -2.24. The number of hydrogen-bond acceptors (Lipinski definition) is 3. The molecule has 1 aromatic carbocycles. The normalized spacial score (nSPS) is 10.8. The molecule has 4 heteroatoms. The molecule has 3 nitrogen and oxygen atoms in total. The third-order valence-electron chi connectivity index (χ3n) is 3.55. The van der Waals surface area contributed by atoms with Gasteiger partial charge >= 0.3 is 0 Å². The smallest absolute Gasteiger partial charge is 0.252 e. The van der Waals surface area contributed by atoms with Crippen molar-refractivity contribution in [1.82, 2.24) is 10.3 Å². The van der Waals surface area contributed by atoms with Crippen molar-refractivity contribution in [3.63, 3.8) is 0 Å². The lowest BCUT2D eigenvalue weighted by atomic mass is 10.1. The van der Waals surface area contributed by atoms with Gasteiger partial charge < -0.3 is 5.32 Å². The summed E-state index contributed by atoms with van der Waals surface area (Å²) in [6.45, 7) is 2.82. The minimum Gasteiger partial charge on any atom is -0.352 e. The van der Waals surface area contributed by atoms with Gasteiger partial charge in [-0.15, -0.1) is 11.3 Å². The summed E-state index contributed by atoms with van der Waals surface area (Å²) in [4.78, 5) is 18.3. The van der Waals surface area contributed by atoms with E-state index in [1.165, 1.54) is 0 Å². The summed E-state index contributed by atoms with van der Waals surface area (Å²) in [6, 6.07) is 13.7. The number of hydrogen-bond donors (Lipinski definition) is 1. The molecule has 0 aliphatic carbocycles. The van der Waals surface area contributed by atoms with E-state index in [4.69, 9.17) is 0 Å². The molecule has 2 heterocycles. The molecular weight excluding hydrogens is 292 g/mol. The number of para-hydroxylation sites is 1. The van der Waals surface area contributed by atoms with Crippen LogP contribution in [-0.4, -0.2) is 17.4 Å². The monoisotopic (exact) mass is 310 g/mol. The Kier molecular flexibility index (Phi) is 4.49. The van der Waals surface area contributed by atoms with Gasteiger partial charge in [0, 0.05) is 11.9 Å². The lowest BCUT2D eigenvalue weighted by molar-refractivity contribution is 0.0955. The van der Waals surface area contributed by atoms with E-state index >= 15 is 0 Å². The number of fused-ring (bicyclic) bond motifs is 1. The topological polar surface area (TPSA) is 42.0 Å². The van der Waals surface area contributed by atoms with Crippen molar-refractivity contribution in [2.75, 3.05) is 6.54 Å². The van der Waals surface area contributed by atoms with E-state index < -0.39 is 0 Å². The van der Waals surface area contributed by atoms with Crippen LogP contribution in [0.1, 0.15) is 30.1 Å². The molecule has 1 N–H and O–H groups in total. The fourth-order valence-electron chi connectivity index (χ4n) is 2.39. The van der Waals surface area contributed by atoms with Gasteiger partial charge in [-0.25, -0.2) is 4.98 Å². The van der Waals surface area contributed by atoms with Gasteiger partial charge in [-0.05, 0) is 30.0 Å². The molecule has 0 spiro atoms. The predicted octanol–water partition coefficient (Wildman–Crippen LogP) is 4.49. The second kappa shape index (κ2) is 6.71. The quantitative estimate of drug-likeness (QED) is 0.705. The maximum atomic E-state index is 12.5. The van der Waals surface area contributed by atoms with Gasteiger partial charge in [0.15, 0.2) is 0 Å². The predicted molar refractivity (Wildman–Crippen MR) is 92.3 cm³/mol. The van der Waals surface area contributed by atoms with E-state index in [0.29, 0.717) is 12.1 Å². The average molecular weight is 310 g/mol. The highest BCUT2D eigenvalue weighted by molar-refractivity contribution is 7.13. The summed E-state index contributed by atoms with van der Waals surface area (Å²) in [5.74, 6) is -0.0233. The Morgan fingerprint density at radius 3 is 2.86 bits per heavy atom. The van der Waals surface area contributed by atoms with Crippen molar-refractivity contribution in [3.8, 4) is 10.6 Å². The Morgan fingerprint density at radius 2 is 2.09 bits per heavy atom. The van der Waals surface area contributed by atoms with Crippen LogP contribution in [0.25, 0.3) is 21.5 Å². The van der Waals surface area contributed by atoms with Crippen molar-refractivity contribution in [1.29, 1.82) is 0 Å². The minimum absolute atomic E-state index is 0.0233. The van der Waals surface area contributed by atoms with Crippen LogP contribution in [0, 0.1) is 0 Å². The second-order valence-corrected chi connectivity index (χ2v) is 6.11. The summed E-state index contributed by atoms with van der Waals surface area (Å²) in [5, 5.41) is 5.92. The molecular formula is C18H18N2OS. The fraction of sp³-hybridized carbons (Fsp3) is 0.222. The van der Waals surface area contributed by atoms with Crippen molar-refractivity contribution < 1.29 is 4.79 Å².